The van der Waals surface area contributed by atoms with Gasteiger partial charge in [0.05, 0.1) is 19.1 Å². The van der Waals surface area contributed by atoms with E-state index in [0.717, 1.165) is 37.5 Å². The van der Waals surface area contributed by atoms with Crippen LogP contribution >= 0.6 is 11.6 Å². The molecule has 0 aliphatic heterocycles. The van der Waals surface area contributed by atoms with Gasteiger partial charge in [-0.1, -0.05) is 49.1 Å². The molecule has 2 aromatic rings. The molecule has 0 aromatic heterocycles. The van der Waals surface area contributed by atoms with Crippen LogP contribution in [0.2, 0.25) is 5.02 Å². The third-order valence-corrected chi connectivity index (χ3v) is 8.86. The SMILES string of the molecule is COc1cccc(CN(C(=O)CCCN(c2cccc(Cl)c2C)S(C)(=O)=O)C(C)C(=O)NC2CCCCC2)c1. The maximum Gasteiger partial charge on any atom is 0.242 e. The summed E-state index contributed by atoms with van der Waals surface area (Å²) in [6, 6.07) is 12.0. The molecule has 3 rings (SSSR count). The third kappa shape index (κ3) is 8.60. The van der Waals surface area contributed by atoms with E-state index in [2.05, 4.69) is 5.32 Å². The molecule has 1 saturated carbocycles. The van der Waals surface area contributed by atoms with Crippen molar-refractivity contribution in [2.24, 2.45) is 0 Å². The van der Waals surface area contributed by atoms with Crippen LogP contribution in [-0.2, 0) is 26.2 Å². The van der Waals surface area contributed by atoms with Crippen molar-refractivity contribution in [3.8, 4) is 5.75 Å². The fourth-order valence-corrected chi connectivity index (χ4v) is 6.15. The van der Waals surface area contributed by atoms with Crippen molar-refractivity contribution in [1.29, 1.82) is 0 Å². The molecule has 214 valence electrons. The number of sulfonamides is 1. The minimum absolute atomic E-state index is 0.0800. The van der Waals surface area contributed by atoms with Gasteiger partial charge in [0.15, 0.2) is 0 Å². The first-order valence-electron chi connectivity index (χ1n) is 13.5. The quantitative estimate of drug-likeness (QED) is 0.380. The van der Waals surface area contributed by atoms with Crippen LogP contribution < -0.4 is 14.4 Å². The Morgan fingerprint density at radius 2 is 1.82 bits per heavy atom. The number of methoxy groups -OCH3 is 1. The Bertz CT molecular complexity index is 1250. The van der Waals surface area contributed by atoms with Gasteiger partial charge in [0.1, 0.15) is 11.8 Å². The van der Waals surface area contributed by atoms with Crippen LogP contribution in [0, 0.1) is 6.92 Å². The first-order chi connectivity index (χ1) is 18.5. The van der Waals surface area contributed by atoms with Gasteiger partial charge < -0.3 is 15.0 Å². The van der Waals surface area contributed by atoms with Crippen LogP contribution in [-0.4, -0.2) is 57.1 Å². The monoisotopic (exact) mass is 577 g/mol. The number of rotatable bonds is 12. The molecular weight excluding hydrogens is 538 g/mol. The summed E-state index contributed by atoms with van der Waals surface area (Å²) in [4.78, 5) is 28.3. The zero-order chi connectivity index (χ0) is 28.6. The normalized spacial score (nSPS) is 14.9. The van der Waals surface area contributed by atoms with E-state index < -0.39 is 16.1 Å². The maximum atomic E-state index is 13.6. The van der Waals surface area contributed by atoms with Gasteiger partial charge >= 0.3 is 0 Å². The van der Waals surface area contributed by atoms with Gasteiger partial charge in [0.25, 0.3) is 0 Å². The summed E-state index contributed by atoms with van der Waals surface area (Å²) in [7, 11) is -2.03. The standard InChI is InChI=1S/C29H40ClN3O5S/c1-21-26(30)15-9-16-27(21)33(39(4,36)37)18-10-17-28(34)32(20-23-11-8-14-25(19-23)38-3)22(2)29(35)31-24-12-6-5-7-13-24/h8-9,11,14-16,19,22,24H,5-7,10,12-13,17-18,20H2,1-4H3,(H,31,35). The van der Waals surface area contributed by atoms with Crippen LogP contribution in [0.5, 0.6) is 5.75 Å². The summed E-state index contributed by atoms with van der Waals surface area (Å²) in [5.41, 5.74) is 1.99. The predicted molar refractivity (Wildman–Crippen MR) is 156 cm³/mol. The summed E-state index contributed by atoms with van der Waals surface area (Å²) in [5, 5.41) is 3.60. The number of hydrogen-bond acceptors (Lipinski definition) is 5. The van der Waals surface area contributed by atoms with Gasteiger partial charge in [-0.15, -0.1) is 0 Å². The molecule has 39 heavy (non-hydrogen) atoms. The number of ether oxygens (including phenoxy) is 1. The number of benzene rings is 2. The lowest BCUT2D eigenvalue weighted by Gasteiger charge is -2.31. The fraction of sp³-hybridized carbons (Fsp3) is 0.517. The average molecular weight is 578 g/mol. The van der Waals surface area contributed by atoms with Crippen molar-refractivity contribution in [2.45, 2.75) is 77.4 Å². The highest BCUT2D eigenvalue weighted by Gasteiger charge is 2.28. The van der Waals surface area contributed by atoms with Gasteiger partial charge in [0.2, 0.25) is 21.8 Å². The van der Waals surface area contributed by atoms with Gasteiger partial charge in [-0.2, -0.15) is 0 Å². The number of amides is 2. The lowest BCUT2D eigenvalue weighted by molar-refractivity contribution is -0.141. The van der Waals surface area contributed by atoms with Gasteiger partial charge in [0, 0.05) is 30.6 Å². The van der Waals surface area contributed by atoms with Crippen molar-refractivity contribution >= 4 is 39.1 Å². The molecule has 10 heteroatoms. The van der Waals surface area contributed by atoms with E-state index in [1.165, 1.54) is 10.7 Å². The summed E-state index contributed by atoms with van der Waals surface area (Å²) >= 11 is 6.24. The van der Waals surface area contributed by atoms with E-state index in [1.807, 2.05) is 24.3 Å². The van der Waals surface area contributed by atoms with E-state index in [4.69, 9.17) is 16.3 Å². The lowest BCUT2D eigenvalue weighted by Crippen LogP contribution is -2.50. The van der Waals surface area contributed by atoms with E-state index in [-0.39, 0.29) is 43.8 Å². The zero-order valence-electron chi connectivity index (χ0n) is 23.3. The Labute approximate surface area is 237 Å². The summed E-state index contributed by atoms with van der Waals surface area (Å²) in [6.07, 6.45) is 6.77. The highest BCUT2D eigenvalue weighted by molar-refractivity contribution is 7.92. The molecule has 1 aliphatic rings. The Morgan fingerprint density at radius 1 is 1.13 bits per heavy atom. The van der Waals surface area contributed by atoms with Gasteiger partial charge in [-0.3, -0.25) is 13.9 Å². The number of anilines is 1. The van der Waals surface area contributed by atoms with Crippen LogP contribution in [0.1, 0.15) is 63.0 Å². The van der Waals surface area contributed by atoms with Crippen molar-refractivity contribution in [3.05, 3.63) is 58.6 Å². The summed E-state index contributed by atoms with van der Waals surface area (Å²) < 4.78 is 31.9. The van der Waals surface area contributed by atoms with Crippen molar-refractivity contribution in [2.75, 3.05) is 24.2 Å². The molecule has 1 atom stereocenters. The molecule has 1 aliphatic carbocycles. The number of halogens is 1. The topological polar surface area (TPSA) is 96.0 Å². The lowest BCUT2D eigenvalue weighted by atomic mass is 9.95. The molecule has 1 unspecified atom stereocenters. The largest absolute Gasteiger partial charge is 0.497 e. The van der Waals surface area contributed by atoms with E-state index in [1.54, 1.807) is 44.1 Å². The third-order valence-electron chi connectivity index (χ3n) is 7.27. The molecule has 1 N–H and O–H groups in total. The first kappa shape index (κ1) is 30.8. The molecule has 8 nitrogen and oxygen atoms in total. The van der Waals surface area contributed by atoms with Crippen molar-refractivity contribution < 1.29 is 22.7 Å². The number of carbonyl (C=O) groups excluding carboxylic acids is 2. The van der Waals surface area contributed by atoms with E-state index in [9.17, 15) is 18.0 Å². The number of nitrogens with zero attached hydrogens (tertiary/aromatic N) is 2. The molecule has 0 heterocycles. The van der Waals surface area contributed by atoms with Crippen LogP contribution in [0.15, 0.2) is 42.5 Å². The van der Waals surface area contributed by atoms with Gasteiger partial charge in [-0.25, -0.2) is 8.42 Å². The Morgan fingerprint density at radius 3 is 2.49 bits per heavy atom. The average Bonchev–Trinajstić information content (AvgIpc) is 2.91. The number of hydrogen-bond donors (Lipinski definition) is 1. The minimum atomic E-state index is -3.61. The Balaban J connectivity index is 1.75. The molecule has 0 bridgehead atoms. The molecule has 1 fully saturated rings. The summed E-state index contributed by atoms with van der Waals surface area (Å²) in [5.74, 6) is 0.269. The molecule has 0 spiro atoms. The highest BCUT2D eigenvalue weighted by Crippen LogP contribution is 2.28. The van der Waals surface area contributed by atoms with Crippen LogP contribution in [0.3, 0.4) is 0 Å². The zero-order valence-corrected chi connectivity index (χ0v) is 24.9. The number of carbonyl (C=O) groups is 2. The van der Waals surface area contributed by atoms with Crippen LogP contribution in [0.4, 0.5) is 5.69 Å². The molecule has 0 saturated heterocycles. The van der Waals surface area contributed by atoms with Crippen molar-refractivity contribution in [3.63, 3.8) is 0 Å². The predicted octanol–water partition coefficient (Wildman–Crippen LogP) is 5.07. The molecule has 0 radical (unpaired) electrons. The van der Waals surface area contributed by atoms with E-state index in [0.29, 0.717) is 22.0 Å². The second kappa shape index (κ2) is 14.0. The molecular formula is C29H40ClN3O5S. The highest BCUT2D eigenvalue weighted by atomic mass is 35.5. The minimum Gasteiger partial charge on any atom is -0.497 e. The Hall–Kier alpha value is -2.78. The Kier molecular flexibility index (Phi) is 11.1. The number of nitrogens with one attached hydrogen (secondary N) is 1. The summed E-state index contributed by atoms with van der Waals surface area (Å²) in [6.45, 7) is 3.86. The van der Waals surface area contributed by atoms with Crippen LogP contribution in [0.25, 0.3) is 0 Å². The van der Waals surface area contributed by atoms with Crippen molar-refractivity contribution in [1.82, 2.24) is 10.2 Å². The van der Waals surface area contributed by atoms with E-state index >= 15 is 0 Å². The smallest absolute Gasteiger partial charge is 0.242 e. The molecule has 2 aromatic carbocycles. The first-order valence-corrected chi connectivity index (χ1v) is 15.7. The fourth-order valence-electron chi connectivity index (χ4n) is 4.97. The second-order valence-electron chi connectivity index (χ2n) is 10.2. The maximum absolute atomic E-state index is 13.6. The second-order valence-corrected chi connectivity index (χ2v) is 12.5. The van der Waals surface area contributed by atoms with Gasteiger partial charge in [-0.05, 0) is 68.5 Å². The molecule has 2 amide bonds.